The molecular formula is C55H43N7O. The molecule has 0 amide bonds. The standard InChI is InChI=1S/C55H43N7O/c1-57-34-53(38-23-27-40(28-24-38)61-50-20-6-3-16-46(50)47-17-4-7-21-51(47)61)59(36-57)42-12-9-14-44(32-42)63-45-15-10-13-43(33-45)60-37-58(2)35-54(60)39-25-29-41(30-26-39)62-52-22-8-5-18-48(52)49-19-11-31-56-55(49)62/h3-35H,36-37H2,1-2H3. The lowest BCUT2D eigenvalue weighted by Gasteiger charge is -2.24. The molecule has 10 aromatic rings. The van der Waals surface area contributed by atoms with Crippen molar-refractivity contribution < 1.29 is 4.74 Å². The van der Waals surface area contributed by atoms with Crippen molar-refractivity contribution in [1.82, 2.24) is 23.9 Å². The Labute approximate surface area is 365 Å². The van der Waals surface area contributed by atoms with E-state index in [-0.39, 0.29) is 0 Å². The maximum atomic E-state index is 6.64. The van der Waals surface area contributed by atoms with Crippen LogP contribution in [0.1, 0.15) is 11.1 Å². The van der Waals surface area contributed by atoms with Crippen LogP contribution in [0.25, 0.3) is 66.5 Å². The molecule has 0 saturated carbocycles. The fourth-order valence-electron chi connectivity index (χ4n) is 9.53. The molecule has 8 nitrogen and oxygen atoms in total. The highest BCUT2D eigenvalue weighted by Crippen LogP contribution is 2.39. The summed E-state index contributed by atoms with van der Waals surface area (Å²) in [5, 5.41) is 4.88. The Bertz CT molecular complexity index is 3100. The molecule has 12 rings (SSSR count). The Balaban J connectivity index is 0.791. The summed E-state index contributed by atoms with van der Waals surface area (Å²) in [6, 6.07) is 64.5. The number of anilines is 2. The van der Waals surface area contributed by atoms with Crippen molar-refractivity contribution in [2.24, 2.45) is 0 Å². The van der Waals surface area contributed by atoms with Gasteiger partial charge < -0.3 is 28.9 Å². The summed E-state index contributed by atoms with van der Waals surface area (Å²) in [6.45, 7) is 1.46. The van der Waals surface area contributed by atoms with Crippen LogP contribution in [0.5, 0.6) is 11.5 Å². The number of pyridine rings is 1. The van der Waals surface area contributed by atoms with Crippen molar-refractivity contribution in [1.29, 1.82) is 0 Å². The van der Waals surface area contributed by atoms with Crippen molar-refractivity contribution in [3.05, 3.63) is 212 Å². The molecule has 0 atom stereocenters. The van der Waals surface area contributed by atoms with Crippen LogP contribution in [0.3, 0.4) is 0 Å². The van der Waals surface area contributed by atoms with Crippen LogP contribution in [0, 0.1) is 0 Å². The predicted molar refractivity (Wildman–Crippen MR) is 258 cm³/mol. The van der Waals surface area contributed by atoms with Gasteiger partial charge in [-0.25, -0.2) is 4.98 Å². The first-order chi connectivity index (χ1) is 31.0. The summed E-state index contributed by atoms with van der Waals surface area (Å²) < 4.78 is 11.3. The second kappa shape index (κ2) is 14.7. The van der Waals surface area contributed by atoms with Crippen LogP contribution >= 0.6 is 0 Å². The van der Waals surface area contributed by atoms with Gasteiger partial charge in [0.1, 0.15) is 17.1 Å². The number of nitrogens with zero attached hydrogens (tertiary/aromatic N) is 7. The zero-order chi connectivity index (χ0) is 42.0. The van der Waals surface area contributed by atoms with Crippen LogP contribution in [0.4, 0.5) is 11.4 Å². The molecule has 0 radical (unpaired) electrons. The third-order valence-electron chi connectivity index (χ3n) is 12.3. The van der Waals surface area contributed by atoms with Crippen LogP contribution in [0.2, 0.25) is 0 Å². The Morgan fingerprint density at radius 2 is 0.857 bits per heavy atom. The second-order valence-electron chi connectivity index (χ2n) is 16.5. The molecule has 7 aromatic carbocycles. The first kappa shape index (κ1) is 36.6. The average Bonchev–Trinajstić information content (AvgIpc) is 4.10. The van der Waals surface area contributed by atoms with E-state index >= 15 is 0 Å². The van der Waals surface area contributed by atoms with Crippen molar-refractivity contribution in [2.75, 3.05) is 37.2 Å². The Hall–Kier alpha value is -8.23. The van der Waals surface area contributed by atoms with E-state index in [9.17, 15) is 0 Å². The highest BCUT2D eigenvalue weighted by atomic mass is 16.5. The molecule has 2 aliphatic heterocycles. The third kappa shape index (κ3) is 6.26. The van der Waals surface area contributed by atoms with Gasteiger partial charge in [0, 0.05) is 89.1 Å². The van der Waals surface area contributed by atoms with Gasteiger partial charge in [0.05, 0.1) is 41.3 Å². The molecule has 5 heterocycles. The molecule has 0 fully saturated rings. The number of benzene rings is 7. The highest BCUT2D eigenvalue weighted by molar-refractivity contribution is 6.09. The number of ether oxygens (including phenoxy) is 1. The molecule has 8 heteroatoms. The number of hydrogen-bond acceptors (Lipinski definition) is 6. The molecule has 3 aromatic heterocycles. The van der Waals surface area contributed by atoms with Gasteiger partial charge in [-0.15, -0.1) is 0 Å². The summed E-state index contributed by atoms with van der Waals surface area (Å²) in [4.78, 5) is 13.9. The molecule has 0 unspecified atom stereocenters. The fourth-order valence-corrected chi connectivity index (χ4v) is 9.53. The minimum absolute atomic E-state index is 0.726. The van der Waals surface area contributed by atoms with E-state index in [4.69, 9.17) is 9.72 Å². The van der Waals surface area contributed by atoms with Crippen molar-refractivity contribution in [2.45, 2.75) is 0 Å². The zero-order valence-corrected chi connectivity index (χ0v) is 35.0. The van der Waals surface area contributed by atoms with E-state index in [0.29, 0.717) is 0 Å². The Kier molecular flexibility index (Phi) is 8.57. The summed E-state index contributed by atoms with van der Waals surface area (Å²) in [5.41, 5.74) is 13.4. The first-order valence-corrected chi connectivity index (χ1v) is 21.4. The predicted octanol–water partition coefficient (Wildman–Crippen LogP) is 12.5. The van der Waals surface area contributed by atoms with Gasteiger partial charge in [-0.05, 0) is 90.0 Å². The van der Waals surface area contributed by atoms with Gasteiger partial charge in [-0.3, -0.25) is 4.57 Å². The topological polar surface area (TPSA) is 44.9 Å². The van der Waals surface area contributed by atoms with Crippen molar-refractivity contribution in [3.63, 3.8) is 0 Å². The minimum Gasteiger partial charge on any atom is -0.457 e. The maximum absolute atomic E-state index is 6.64. The largest absolute Gasteiger partial charge is 0.457 e. The van der Waals surface area contributed by atoms with Crippen LogP contribution < -0.4 is 14.5 Å². The third-order valence-corrected chi connectivity index (χ3v) is 12.3. The van der Waals surface area contributed by atoms with Gasteiger partial charge in [0.2, 0.25) is 0 Å². The van der Waals surface area contributed by atoms with Crippen LogP contribution in [0.15, 0.2) is 201 Å². The lowest BCUT2D eigenvalue weighted by atomic mass is 10.1. The van der Waals surface area contributed by atoms with Crippen molar-refractivity contribution >= 4 is 66.5 Å². The van der Waals surface area contributed by atoms with Crippen molar-refractivity contribution in [3.8, 4) is 22.9 Å². The van der Waals surface area contributed by atoms with E-state index in [2.05, 4.69) is 219 Å². The van der Waals surface area contributed by atoms with Gasteiger partial charge >= 0.3 is 0 Å². The molecular weight excluding hydrogens is 775 g/mol. The molecule has 2 aliphatic rings. The van der Waals surface area contributed by atoms with E-state index in [1.54, 1.807) is 0 Å². The number of rotatable bonds is 8. The smallest absolute Gasteiger partial charge is 0.145 e. The zero-order valence-electron chi connectivity index (χ0n) is 35.0. The van der Waals surface area contributed by atoms with E-state index in [0.717, 1.165) is 86.7 Å². The fraction of sp³-hybridized carbons (Fsp3) is 0.0727. The van der Waals surface area contributed by atoms with Crippen LogP contribution in [-0.4, -0.2) is 51.4 Å². The van der Waals surface area contributed by atoms with Gasteiger partial charge in [-0.1, -0.05) is 91.0 Å². The highest BCUT2D eigenvalue weighted by Gasteiger charge is 2.25. The molecule has 0 aliphatic carbocycles. The van der Waals surface area contributed by atoms with E-state index in [1.807, 2.05) is 24.4 Å². The quantitative estimate of drug-likeness (QED) is 0.152. The number of hydrogen-bond donors (Lipinski definition) is 0. The summed E-state index contributed by atoms with van der Waals surface area (Å²) in [5.74, 6) is 1.56. The lowest BCUT2D eigenvalue weighted by molar-refractivity contribution is 0.479. The number of para-hydroxylation sites is 3. The lowest BCUT2D eigenvalue weighted by Crippen LogP contribution is -2.24. The summed E-state index contributed by atoms with van der Waals surface area (Å²) in [7, 11) is 4.23. The van der Waals surface area contributed by atoms with Gasteiger partial charge in [0.15, 0.2) is 0 Å². The van der Waals surface area contributed by atoms with Gasteiger partial charge in [-0.2, -0.15) is 0 Å². The summed E-state index contributed by atoms with van der Waals surface area (Å²) >= 11 is 0. The van der Waals surface area contributed by atoms with Gasteiger partial charge in [0.25, 0.3) is 0 Å². The Morgan fingerprint density at radius 3 is 1.38 bits per heavy atom. The SMILES string of the molecule is CN1C=C(c2ccc(-n3c4ccccc4c4ccccc43)cc2)N(c2cccc(Oc3cccc(N4CN(C)C=C4c4ccc(-n5c6ccccc6c6cccnc65)cc4)c3)c2)C1. The van der Waals surface area contributed by atoms with E-state index < -0.39 is 0 Å². The van der Waals surface area contributed by atoms with E-state index in [1.165, 1.54) is 27.2 Å². The average molecular weight is 818 g/mol. The normalized spacial score (nSPS) is 14.1. The minimum atomic E-state index is 0.726. The maximum Gasteiger partial charge on any atom is 0.145 e. The molecule has 0 saturated heterocycles. The Morgan fingerprint density at radius 1 is 0.413 bits per heavy atom. The molecule has 0 spiro atoms. The molecule has 304 valence electrons. The monoisotopic (exact) mass is 817 g/mol. The molecule has 0 bridgehead atoms. The number of aromatic nitrogens is 3. The summed E-state index contributed by atoms with van der Waals surface area (Å²) in [6.07, 6.45) is 6.30. The molecule has 0 N–H and O–H groups in total. The van der Waals surface area contributed by atoms with Crippen LogP contribution in [-0.2, 0) is 0 Å². The first-order valence-electron chi connectivity index (χ1n) is 21.4. The second-order valence-corrected chi connectivity index (χ2v) is 16.5. The molecule has 63 heavy (non-hydrogen) atoms. The number of fused-ring (bicyclic) bond motifs is 6.